The van der Waals surface area contributed by atoms with Crippen molar-refractivity contribution >= 4 is 45.3 Å². The zero-order chi connectivity index (χ0) is 32.0. The fraction of sp³-hybridized carbons (Fsp3) is 0.533. The van der Waals surface area contributed by atoms with E-state index in [-0.39, 0.29) is 64.5 Å². The van der Waals surface area contributed by atoms with Gasteiger partial charge in [0.2, 0.25) is 0 Å². The quantitative estimate of drug-likeness (QED) is 0.265. The van der Waals surface area contributed by atoms with Gasteiger partial charge in [-0.15, -0.1) is 0 Å². The summed E-state index contributed by atoms with van der Waals surface area (Å²) >= 11 is 2.15. The molecule has 13 heteroatoms. The summed E-state index contributed by atoms with van der Waals surface area (Å²) in [5.74, 6) is -2.76. The zero-order valence-corrected chi connectivity index (χ0v) is 28.0. The molecule has 1 unspecified atom stereocenters. The van der Waals surface area contributed by atoms with E-state index in [0.717, 1.165) is 23.2 Å². The molecule has 2 aromatic heterocycles. The van der Waals surface area contributed by atoms with E-state index in [4.69, 9.17) is 9.47 Å². The summed E-state index contributed by atoms with van der Waals surface area (Å²) in [6.45, 7) is 9.01. The van der Waals surface area contributed by atoms with E-state index in [1.165, 1.54) is 12.0 Å². The highest BCUT2D eigenvalue weighted by molar-refractivity contribution is 14.1. The number of methoxy groups -OCH3 is 1. The summed E-state index contributed by atoms with van der Waals surface area (Å²) in [7, 11) is 3.02. The normalized spacial score (nSPS) is 17.0. The van der Waals surface area contributed by atoms with E-state index in [2.05, 4.69) is 27.7 Å². The second-order valence-electron chi connectivity index (χ2n) is 9.99. The number of rotatable bonds is 2. The molecule has 0 aliphatic carbocycles. The minimum atomic E-state index is -1.10. The molecule has 43 heavy (non-hydrogen) atoms. The topological polar surface area (TPSA) is 98.9 Å². The monoisotopic (exact) mass is 715 g/mol. The highest BCUT2D eigenvalue weighted by Crippen LogP contribution is 2.39. The van der Waals surface area contributed by atoms with Crippen molar-refractivity contribution in [1.29, 1.82) is 0 Å². The molecule has 10 nitrogen and oxygen atoms in total. The van der Waals surface area contributed by atoms with Gasteiger partial charge in [0.25, 0.3) is 17.4 Å². The third-order valence-corrected chi connectivity index (χ3v) is 7.42. The highest BCUT2D eigenvalue weighted by atomic mass is 127. The molecule has 0 N–H and O–H groups in total. The predicted molar refractivity (Wildman–Crippen MR) is 170 cm³/mol. The molecule has 1 atom stereocenters. The number of fused-ring (bicyclic) bond motifs is 7. The Hall–Kier alpha value is -3.23. The molecular weight excluding hydrogens is 675 g/mol. The smallest absolute Gasteiger partial charge is 0.280 e. The lowest BCUT2D eigenvalue weighted by Crippen LogP contribution is -2.42. The molecule has 0 spiro atoms. The first-order valence-electron chi connectivity index (χ1n) is 14.4. The molecule has 0 saturated heterocycles. The first kappa shape index (κ1) is 34.3. The number of aromatic nitrogens is 3. The zero-order valence-electron chi connectivity index (χ0n) is 25.8. The van der Waals surface area contributed by atoms with Gasteiger partial charge in [0.15, 0.2) is 28.8 Å². The summed E-state index contributed by atoms with van der Waals surface area (Å²) in [6.07, 6.45) is 2.06. The first-order chi connectivity index (χ1) is 20.7. The lowest BCUT2D eigenvalue weighted by Gasteiger charge is -2.33. The van der Waals surface area contributed by atoms with Crippen LogP contribution < -0.4 is 15.0 Å². The molecule has 4 heterocycles. The third-order valence-electron chi connectivity index (χ3n) is 7.42. The van der Waals surface area contributed by atoms with E-state index in [1.54, 1.807) is 16.5 Å². The molecule has 0 radical (unpaired) electrons. The Bertz CT molecular complexity index is 1540. The summed E-state index contributed by atoms with van der Waals surface area (Å²) in [5.41, 5.74) is -0.0602. The number of carbonyl (C=O) groups is 2. The third kappa shape index (κ3) is 6.50. The molecule has 5 rings (SSSR count). The standard InChI is InChI=1S/C27H31F2N5O5.C2H6.CH3I/c1-5-32-13-15(2)34-22-20(24(38-4)23(34)27(32)37)25(35)33-14-16-11-17(28)18(29)12-19(16)39-10-8-6-7-9-31(3)26(36)21(22)30-33;2*1-2/h11-12,15H,5-10,13-14H2,1-4H3;1-2H3;1H3. The van der Waals surface area contributed by atoms with Crippen LogP contribution in [0.3, 0.4) is 0 Å². The summed E-state index contributed by atoms with van der Waals surface area (Å²) in [5, 5.41) is 4.50. The van der Waals surface area contributed by atoms with Crippen LogP contribution in [-0.4, -0.2) is 81.3 Å². The van der Waals surface area contributed by atoms with Crippen molar-refractivity contribution in [2.24, 2.45) is 0 Å². The molecule has 0 saturated carbocycles. The van der Waals surface area contributed by atoms with Gasteiger partial charge in [0.1, 0.15) is 11.1 Å². The van der Waals surface area contributed by atoms with E-state index >= 15 is 0 Å². The Balaban J connectivity index is 0.00000121. The van der Waals surface area contributed by atoms with E-state index in [0.29, 0.717) is 32.5 Å². The van der Waals surface area contributed by atoms with Gasteiger partial charge in [0.05, 0.1) is 25.8 Å². The molecule has 0 fully saturated rings. The largest absolute Gasteiger partial charge is 0.493 e. The average Bonchev–Trinajstić information content (AvgIpc) is 3.38. The number of amides is 2. The molecule has 1 aromatic carbocycles. The van der Waals surface area contributed by atoms with Gasteiger partial charge in [-0.25, -0.2) is 13.5 Å². The minimum Gasteiger partial charge on any atom is -0.493 e. The van der Waals surface area contributed by atoms with Crippen molar-refractivity contribution < 1.29 is 27.8 Å². The van der Waals surface area contributed by atoms with Gasteiger partial charge in [0, 0.05) is 44.4 Å². The van der Waals surface area contributed by atoms with Gasteiger partial charge in [-0.3, -0.25) is 14.4 Å². The van der Waals surface area contributed by atoms with Gasteiger partial charge in [-0.1, -0.05) is 36.4 Å². The number of hydrogen-bond donors (Lipinski definition) is 0. The van der Waals surface area contributed by atoms with Crippen molar-refractivity contribution in [1.82, 2.24) is 24.1 Å². The van der Waals surface area contributed by atoms with Crippen LogP contribution in [0, 0.1) is 11.6 Å². The van der Waals surface area contributed by atoms with Crippen LogP contribution >= 0.6 is 22.6 Å². The van der Waals surface area contributed by atoms with Crippen LogP contribution in [0.5, 0.6) is 11.5 Å². The Kier molecular flexibility index (Phi) is 11.9. The number of halogens is 3. The minimum absolute atomic E-state index is 0.0247. The van der Waals surface area contributed by atoms with Crippen LogP contribution in [0.2, 0.25) is 0 Å². The Morgan fingerprint density at radius 1 is 1.07 bits per heavy atom. The Labute approximate surface area is 264 Å². The number of benzene rings is 1. The fourth-order valence-corrected chi connectivity index (χ4v) is 5.42. The average molecular weight is 716 g/mol. The molecule has 2 aliphatic rings. The number of nitrogens with zero attached hydrogens (tertiary/aromatic N) is 5. The van der Waals surface area contributed by atoms with Crippen molar-refractivity contribution in [3.05, 3.63) is 51.1 Å². The van der Waals surface area contributed by atoms with Crippen LogP contribution in [0.15, 0.2) is 16.9 Å². The Morgan fingerprint density at radius 3 is 2.40 bits per heavy atom. The van der Waals surface area contributed by atoms with Gasteiger partial charge in [-0.2, -0.15) is 5.10 Å². The molecule has 2 aliphatic heterocycles. The van der Waals surface area contributed by atoms with Crippen LogP contribution in [0.4, 0.5) is 8.78 Å². The maximum atomic E-state index is 14.3. The second-order valence-corrected chi connectivity index (χ2v) is 9.99. The highest BCUT2D eigenvalue weighted by Gasteiger charge is 2.38. The van der Waals surface area contributed by atoms with Crippen molar-refractivity contribution in [3.8, 4) is 11.5 Å². The first-order valence-corrected chi connectivity index (χ1v) is 16.6. The van der Waals surface area contributed by atoms with Crippen molar-refractivity contribution in [2.45, 2.75) is 59.5 Å². The molecule has 2 amide bonds. The molecule has 236 valence electrons. The number of ether oxygens (including phenoxy) is 2. The van der Waals surface area contributed by atoms with Crippen molar-refractivity contribution in [3.63, 3.8) is 0 Å². The second kappa shape index (κ2) is 15.0. The van der Waals surface area contributed by atoms with Crippen LogP contribution in [0.1, 0.15) is 79.5 Å². The van der Waals surface area contributed by atoms with E-state index in [1.807, 2.05) is 32.6 Å². The number of hydrogen-bond acceptors (Lipinski definition) is 6. The molecule has 3 aromatic rings. The maximum Gasteiger partial charge on any atom is 0.280 e. The fourth-order valence-electron chi connectivity index (χ4n) is 5.42. The van der Waals surface area contributed by atoms with Gasteiger partial charge in [-0.05, 0) is 44.1 Å². The maximum absolute atomic E-state index is 14.3. The lowest BCUT2D eigenvalue weighted by atomic mass is 10.1. The van der Waals surface area contributed by atoms with Crippen LogP contribution in [-0.2, 0) is 6.54 Å². The van der Waals surface area contributed by atoms with E-state index < -0.39 is 23.1 Å². The predicted octanol–water partition coefficient (Wildman–Crippen LogP) is 5.28. The van der Waals surface area contributed by atoms with Gasteiger partial charge < -0.3 is 23.8 Å². The molecular formula is C30H40F2IN5O5. The van der Waals surface area contributed by atoms with Crippen LogP contribution in [0.25, 0.3) is 10.9 Å². The Morgan fingerprint density at radius 2 is 1.74 bits per heavy atom. The summed E-state index contributed by atoms with van der Waals surface area (Å²) < 4.78 is 42.5. The number of carbonyl (C=O) groups excluding carboxylic acids is 2. The van der Waals surface area contributed by atoms with Gasteiger partial charge >= 0.3 is 0 Å². The molecule has 2 bridgehead atoms. The summed E-state index contributed by atoms with van der Waals surface area (Å²) in [4.78, 5) is 46.4. The van der Waals surface area contributed by atoms with E-state index in [9.17, 15) is 23.2 Å². The lowest BCUT2D eigenvalue weighted by molar-refractivity contribution is 0.0683. The number of likely N-dealkylation sites (N-methyl/N-ethyl adjacent to an activating group) is 1. The number of alkyl halides is 1. The summed E-state index contributed by atoms with van der Waals surface area (Å²) in [6, 6.07) is 1.65. The SMILES string of the molecule is CC.CCN1CC(C)n2c(c(OC)c3c(=O)n4nc(c32)C(=O)N(C)CCCCCOc2cc(F)c(F)cc2C4)C1=O.CI. The van der Waals surface area contributed by atoms with Crippen molar-refractivity contribution in [2.75, 3.05) is 45.3 Å².